The van der Waals surface area contributed by atoms with E-state index in [0.717, 1.165) is 10.2 Å². The van der Waals surface area contributed by atoms with E-state index in [9.17, 15) is 0 Å². The van der Waals surface area contributed by atoms with Gasteiger partial charge in [-0.3, -0.25) is 0 Å². The highest BCUT2D eigenvalue weighted by Gasteiger charge is 2.11. The zero-order valence-electron chi connectivity index (χ0n) is 11.2. The van der Waals surface area contributed by atoms with E-state index in [-0.39, 0.29) is 0 Å². The van der Waals surface area contributed by atoms with Crippen LogP contribution in [0.3, 0.4) is 0 Å². The van der Waals surface area contributed by atoms with Crippen molar-refractivity contribution in [1.29, 1.82) is 0 Å². The van der Waals surface area contributed by atoms with Crippen molar-refractivity contribution in [3.63, 3.8) is 0 Å². The Balaban J connectivity index is 2.35. The SMILES string of the molecule is CCOc1ncnc(Nc2cc(Br)ccc2OC)c1N. The van der Waals surface area contributed by atoms with Gasteiger partial charge in [-0.25, -0.2) is 4.98 Å². The molecular weight excluding hydrogens is 324 g/mol. The van der Waals surface area contributed by atoms with Gasteiger partial charge in [0.15, 0.2) is 5.82 Å². The first-order valence-electron chi connectivity index (χ1n) is 5.99. The molecule has 2 aromatic rings. The van der Waals surface area contributed by atoms with E-state index < -0.39 is 0 Å². The molecule has 0 radical (unpaired) electrons. The van der Waals surface area contributed by atoms with Gasteiger partial charge in [0.05, 0.1) is 19.4 Å². The molecule has 0 aliphatic carbocycles. The Morgan fingerprint density at radius 3 is 2.85 bits per heavy atom. The quantitative estimate of drug-likeness (QED) is 0.872. The van der Waals surface area contributed by atoms with Gasteiger partial charge in [-0.05, 0) is 25.1 Å². The number of rotatable bonds is 5. The summed E-state index contributed by atoms with van der Waals surface area (Å²) < 4.78 is 11.5. The first-order valence-corrected chi connectivity index (χ1v) is 6.78. The number of benzene rings is 1. The fourth-order valence-corrected chi connectivity index (χ4v) is 2.00. The molecule has 106 valence electrons. The number of halogens is 1. The van der Waals surface area contributed by atoms with Crippen LogP contribution < -0.4 is 20.5 Å². The summed E-state index contributed by atoms with van der Waals surface area (Å²) in [6.07, 6.45) is 1.40. The zero-order chi connectivity index (χ0) is 14.5. The highest BCUT2D eigenvalue weighted by molar-refractivity contribution is 9.10. The summed E-state index contributed by atoms with van der Waals surface area (Å²) in [6.45, 7) is 2.35. The molecule has 0 spiro atoms. The lowest BCUT2D eigenvalue weighted by Gasteiger charge is -2.13. The number of hydrogen-bond acceptors (Lipinski definition) is 6. The molecule has 20 heavy (non-hydrogen) atoms. The maximum atomic E-state index is 5.98. The predicted octanol–water partition coefficient (Wildman–Crippen LogP) is 2.97. The van der Waals surface area contributed by atoms with Crippen molar-refractivity contribution in [3.8, 4) is 11.6 Å². The second kappa shape index (κ2) is 6.42. The molecule has 0 aliphatic heterocycles. The number of ether oxygens (including phenoxy) is 2. The first-order chi connectivity index (χ1) is 9.65. The highest BCUT2D eigenvalue weighted by atomic mass is 79.9. The summed E-state index contributed by atoms with van der Waals surface area (Å²) in [6, 6.07) is 5.60. The number of methoxy groups -OCH3 is 1. The van der Waals surface area contributed by atoms with Gasteiger partial charge < -0.3 is 20.5 Å². The van der Waals surface area contributed by atoms with Crippen LogP contribution in [0.15, 0.2) is 29.0 Å². The molecule has 2 rings (SSSR count). The van der Waals surface area contributed by atoms with E-state index >= 15 is 0 Å². The number of nitrogens with zero attached hydrogens (tertiary/aromatic N) is 2. The Kier molecular flexibility index (Phi) is 4.62. The number of nitrogens with one attached hydrogen (secondary N) is 1. The summed E-state index contributed by atoms with van der Waals surface area (Å²) in [5, 5.41) is 3.12. The molecule has 1 heterocycles. The Hall–Kier alpha value is -2.02. The molecule has 0 saturated heterocycles. The van der Waals surface area contributed by atoms with E-state index in [2.05, 4.69) is 31.2 Å². The Morgan fingerprint density at radius 1 is 1.35 bits per heavy atom. The molecule has 0 fully saturated rings. The standard InChI is InChI=1S/C13H15BrN4O2/c1-3-20-13-11(15)12(16-7-17-13)18-9-6-8(14)4-5-10(9)19-2/h4-7H,3,15H2,1-2H3,(H,16,17,18). The average molecular weight is 339 g/mol. The van der Waals surface area contributed by atoms with Gasteiger partial charge >= 0.3 is 0 Å². The van der Waals surface area contributed by atoms with Crippen LogP contribution in [0, 0.1) is 0 Å². The monoisotopic (exact) mass is 338 g/mol. The van der Waals surface area contributed by atoms with E-state index in [0.29, 0.717) is 29.7 Å². The third-order valence-electron chi connectivity index (χ3n) is 2.54. The van der Waals surface area contributed by atoms with Gasteiger partial charge in [-0.15, -0.1) is 0 Å². The average Bonchev–Trinajstić information content (AvgIpc) is 2.44. The lowest BCUT2D eigenvalue weighted by molar-refractivity contribution is 0.328. The van der Waals surface area contributed by atoms with E-state index in [1.807, 2.05) is 25.1 Å². The molecule has 3 N–H and O–H groups in total. The third-order valence-corrected chi connectivity index (χ3v) is 3.04. The van der Waals surface area contributed by atoms with E-state index in [1.54, 1.807) is 7.11 Å². The lowest BCUT2D eigenvalue weighted by Crippen LogP contribution is -2.05. The molecule has 1 aromatic heterocycles. The maximum Gasteiger partial charge on any atom is 0.242 e. The minimum atomic E-state index is 0.358. The largest absolute Gasteiger partial charge is 0.495 e. The topological polar surface area (TPSA) is 82.3 Å². The van der Waals surface area contributed by atoms with Crippen LogP contribution in [-0.2, 0) is 0 Å². The fraction of sp³-hybridized carbons (Fsp3) is 0.231. The summed E-state index contributed by atoms with van der Waals surface area (Å²) >= 11 is 3.41. The van der Waals surface area contributed by atoms with Gasteiger partial charge in [0.25, 0.3) is 0 Å². The minimum absolute atomic E-state index is 0.358. The Morgan fingerprint density at radius 2 is 2.15 bits per heavy atom. The smallest absolute Gasteiger partial charge is 0.242 e. The van der Waals surface area contributed by atoms with Crippen molar-refractivity contribution in [2.24, 2.45) is 0 Å². The fourth-order valence-electron chi connectivity index (χ4n) is 1.64. The second-order valence-corrected chi connectivity index (χ2v) is 4.76. The van der Waals surface area contributed by atoms with Crippen LogP contribution in [-0.4, -0.2) is 23.7 Å². The molecule has 0 saturated carbocycles. The summed E-state index contributed by atoms with van der Waals surface area (Å²) in [7, 11) is 1.60. The van der Waals surface area contributed by atoms with Crippen LogP contribution in [0.2, 0.25) is 0 Å². The summed E-state index contributed by atoms with van der Waals surface area (Å²) in [5.41, 5.74) is 7.08. The summed E-state index contributed by atoms with van der Waals surface area (Å²) in [5.74, 6) is 1.52. The van der Waals surface area contributed by atoms with Crippen molar-refractivity contribution < 1.29 is 9.47 Å². The molecule has 0 atom stereocenters. The van der Waals surface area contributed by atoms with Crippen LogP contribution in [0.4, 0.5) is 17.2 Å². The molecule has 0 aliphatic rings. The maximum absolute atomic E-state index is 5.98. The van der Waals surface area contributed by atoms with Crippen LogP contribution in [0.5, 0.6) is 11.6 Å². The van der Waals surface area contributed by atoms with Crippen LogP contribution >= 0.6 is 15.9 Å². The van der Waals surface area contributed by atoms with Crippen molar-refractivity contribution >= 4 is 33.1 Å². The second-order valence-electron chi connectivity index (χ2n) is 3.84. The van der Waals surface area contributed by atoms with Gasteiger partial charge in [-0.2, -0.15) is 4.98 Å². The highest BCUT2D eigenvalue weighted by Crippen LogP contribution is 2.33. The molecule has 7 heteroatoms. The van der Waals surface area contributed by atoms with Crippen LogP contribution in [0.25, 0.3) is 0 Å². The minimum Gasteiger partial charge on any atom is -0.495 e. The molecule has 0 amide bonds. The van der Waals surface area contributed by atoms with Gasteiger partial charge in [0.1, 0.15) is 17.8 Å². The van der Waals surface area contributed by atoms with Crippen LogP contribution in [0.1, 0.15) is 6.92 Å². The lowest BCUT2D eigenvalue weighted by atomic mass is 10.3. The predicted molar refractivity (Wildman–Crippen MR) is 81.6 cm³/mol. The van der Waals surface area contributed by atoms with E-state index in [4.69, 9.17) is 15.2 Å². The van der Waals surface area contributed by atoms with Gasteiger partial charge in [0, 0.05) is 4.47 Å². The number of anilines is 3. The zero-order valence-corrected chi connectivity index (χ0v) is 12.8. The van der Waals surface area contributed by atoms with Crippen molar-refractivity contribution in [2.75, 3.05) is 24.8 Å². The van der Waals surface area contributed by atoms with Crippen molar-refractivity contribution in [1.82, 2.24) is 9.97 Å². The molecule has 6 nitrogen and oxygen atoms in total. The van der Waals surface area contributed by atoms with Gasteiger partial charge in [0.2, 0.25) is 5.88 Å². The third kappa shape index (κ3) is 3.11. The van der Waals surface area contributed by atoms with E-state index in [1.165, 1.54) is 6.33 Å². The molecule has 1 aromatic carbocycles. The Bertz CT molecular complexity index is 607. The number of aromatic nitrogens is 2. The first kappa shape index (κ1) is 14.4. The normalized spacial score (nSPS) is 10.2. The molecular formula is C13H15BrN4O2. The van der Waals surface area contributed by atoms with Gasteiger partial charge in [-0.1, -0.05) is 15.9 Å². The number of nitrogen functional groups attached to an aromatic ring is 1. The molecule has 0 unspecified atom stereocenters. The summed E-state index contributed by atoms with van der Waals surface area (Å²) in [4.78, 5) is 8.12. The number of nitrogens with two attached hydrogens (primary N) is 1. The molecule has 0 bridgehead atoms. The number of hydrogen-bond donors (Lipinski definition) is 2. The van der Waals surface area contributed by atoms with Crippen molar-refractivity contribution in [3.05, 3.63) is 29.0 Å². The Labute approximate surface area is 125 Å². The van der Waals surface area contributed by atoms with Crippen molar-refractivity contribution in [2.45, 2.75) is 6.92 Å².